The molecule has 0 radical (unpaired) electrons. The molecule has 0 saturated heterocycles. The van der Waals surface area contributed by atoms with Gasteiger partial charge in [-0.2, -0.15) is 31.6 Å². The Hall–Kier alpha value is -1.46. The van der Waals surface area contributed by atoms with Crippen LogP contribution in [0.1, 0.15) is 6.92 Å². The summed E-state index contributed by atoms with van der Waals surface area (Å²) in [5, 5.41) is 9.71. The van der Waals surface area contributed by atoms with Crippen molar-refractivity contribution in [1.82, 2.24) is 5.32 Å². The summed E-state index contributed by atoms with van der Waals surface area (Å²) in [6.45, 7) is 0.675. The van der Waals surface area contributed by atoms with Gasteiger partial charge in [-0.15, -0.1) is 0 Å². The third kappa shape index (κ3) is 4.93. The fourth-order valence-corrected chi connectivity index (χ4v) is 0.884. The number of carbonyl (C=O) groups is 1. The molecule has 0 aromatic heterocycles. The van der Waals surface area contributed by atoms with Crippen LogP contribution >= 0.6 is 0 Å². The minimum absolute atomic E-state index is 0.571. The summed E-state index contributed by atoms with van der Waals surface area (Å²) in [6.07, 6.45) is -11.4. The van der Waals surface area contributed by atoms with Gasteiger partial charge in [-0.1, -0.05) is 0 Å². The van der Waals surface area contributed by atoms with Gasteiger partial charge < -0.3 is 5.32 Å². The van der Waals surface area contributed by atoms with Crippen LogP contribution in [-0.2, 0) is 4.79 Å². The number of carbonyl (C=O) groups excluding carboxylic acids is 1. The van der Waals surface area contributed by atoms with Crippen LogP contribution in [0.4, 0.5) is 26.3 Å². The van der Waals surface area contributed by atoms with E-state index < -0.39 is 36.6 Å². The molecule has 3 nitrogen and oxygen atoms in total. The van der Waals surface area contributed by atoms with E-state index in [-0.39, 0.29) is 0 Å². The highest BCUT2D eigenvalue weighted by Gasteiger charge is 2.61. The van der Waals surface area contributed by atoms with Crippen LogP contribution in [0, 0.1) is 23.2 Å². The lowest BCUT2D eigenvalue weighted by Crippen LogP contribution is -2.48. The number of halogens is 6. The van der Waals surface area contributed by atoms with Crippen LogP contribution in [0.2, 0.25) is 0 Å². The summed E-state index contributed by atoms with van der Waals surface area (Å²) < 4.78 is 72.2. The first-order chi connectivity index (χ1) is 7.50. The summed E-state index contributed by atoms with van der Waals surface area (Å²) in [6, 6.07) is 1.56. The Balaban J connectivity index is 4.76. The molecule has 0 spiro atoms. The number of amides is 1. The van der Waals surface area contributed by atoms with Crippen LogP contribution in [0.15, 0.2) is 0 Å². The third-order valence-electron chi connectivity index (χ3n) is 1.72. The molecule has 0 fully saturated rings. The van der Waals surface area contributed by atoms with Crippen molar-refractivity contribution in [2.24, 2.45) is 11.8 Å². The molecule has 0 aliphatic carbocycles. The highest BCUT2D eigenvalue weighted by atomic mass is 19.4. The van der Waals surface area contributed by atoms with Gasteiger partial charge in [0.25, 0.3) is 0 Å². The lowest BCUT2D eigenvalue weighted by Gasteiger charge is -2.22. The highest BCUT2D eigenvalue weighted by molar-refractivity contribution is 5.80. The van der Waals surface area contributed by atoms with Gasteiger partial charge >= 0.3 is 12.4 Å². The number of nitrogens with one attached hydrogen (secondary N) is 1. The van der Waals surface area contributed by atoms with E-state index in [9.17, 15) is 31.1 Å². The zero-order chi connectivity index (χ0) is 13.9. The summed E-state index contributed by atoms with van der Waals surface area (Å²) in [4.78, 5) is 10.8. The molecule has 0 bridgehead atoms. The van der Waals surface area contributed by atoms with Crippen molar-refractivity contribution in [3.63, 3.8) is 0 Å². The molecule has 98 valence electrons. The smallest absolute Gasteiger partial charge is 0.354 e. The molecular formula is C8H8F6N2O. The maximum Gasteiger partial charge on any atom is 0.409 e. The predicted molar refractivity (Wildman–Crippen MR) is 43.4 cm³/mol. The molecule has 0 aromatic carbocycles. The van der Waals surface area contributed by atoms with E-state index in [1.807, 2.05) is 0 Å². The van der Waals surface area contributed by atoms with Gasteiger partial charge in [0.05, 0.1) is 12.0 Å². The van der Waals surface area contributed by atoms with E-state index in [0.717, 1.165) is 0 Å². The molecule has 0 heterocycles. The minimum atomic E-state index is -5.71. The molecule has 0 rings (SSSR count). The summed E-state index contributed by atoms with van der Waals surface area (Å²) >= 11 is 0. The maximum absolute atomic E-state index is 12.0. The van der Waals surface area contributed by atoms with Gasteiger partial charge in [-0.05, 0) is 6.92 Å². The molecule has 0 aliphatic rings. The number of nitriles is 1. The average molecular weight is 262 g/mol. The normalized spacial score (nSPS) is 14.3. The van der Waals surface area contributed by atoms with Crippen LogP contribution in [0.25, 0.3) is 0 Å². The second-order valence-electron chi connectivity index (χ2n) is 3.29. The Labute approximate surface area is 92.4 Å². The van der Waals surface area contributed by atoms with Crippen molar-refractivity contribution < 1.29 is 31.1 Å². The van der Waals surface area contributed by atoms with Gasteiger partial charge in [-0.3, -0.25) is 4.79 Å². The van der Waals surface area contributed by atoms with E-state index in [1.54, 1.807) is 6.07 Å². The lowest BCUT2D eigenvalue weighted by atomic mass is 10.1. The SMILES string of the molecule is CC(C#N)CNC(=O)C(C(F)(F)F)C(F)(F)F. The summed E-state index contributed by atoms with van der Waals surface area (Å²) in [5.41, 5.74) is 0. The monoisotopic (exact) mass is 262 g/mol. The number of rotatable bonds is 3. The van der Waals surface area contributed by atoms with Crippen molar-refractivity contribution in [3.05, 3.63) is 0 Å². The van der Waals surface area contributed by atoms with Gasteiger partial charge in [0, 0.05) is 6.54 Å². The quantitative estimate of drug-likeness (QED) is 0.791. The van der Waals surface area contributed by atoms with E-state index in [1.165, 1.54) is 12.2 Å². The first-order valence-electron chi connectivity index (χ1n) is 4.31. The highest BCUT2D eigenvalue weighted by Crippen LogP contribution is 2.39. The Morgan fingerprint density at radius 3 is 1.94 bits per heavy atom. The second kappa shape index (κ2) is 5.25. The Bertz CT molecular complexity index is 301. The number of hydrogen-bond acceptors (Lipinski definition) is 2. The van der Waals surface area contributed by atoms with Crippen LogP contribution in [-0.4, -0.2) is 24.8 Å². The van der Waals surface area contributed by atoms with E-state index in [2.05, 4.69) is 0 Å². The largest absolute Gasteiger partial charge is 0.409 e. The fraction of sp³-hybridized carbons (Fsp3) is 0.750. The predicted octanol–water partition coefficient (Wildman–Crippen LogP) is 2.00. The van der Waals surface area contributed by atoms with Crippen molar-refractivity contribution in [2.45, 2.75) is 19.3 Å². The zero-order valence-electron chi connectivity index (χ0n) is 8.49. The molecule has 1 unspecified atom stereocenters. The zero-order valence-corrected chi connectivity index (χ0v) is 8.49. The van der Waals surface area contributed by atoms with Crippen molar-refractivity contribution >= 4 is 5.91 Å². The van der Waals surface area contributed by atoms with Gasteiger partial charge in [0.1, 0.15) is 0 Å². The third-order valence-corrected chi connectivity index (χ3v) is 1.72. The summed E-state index contributed by atoms with van der Waals surface area (Å²) in [7, 11) is 0. The molecule has 0 aliphatic heterocycles. The molecule has 1 N–H and O–H groups in total. The molecule has 9 heteroatoms. The summed E-state index contributed by atoms with van der Waals surface area (Å²) in [5.74, 6) is -7.14. The number of alkyl halides is 6. The van der Waals surface area contributed by atoms with Crippen LogP contribution < -0.4 is 5.32 Å². The van der Waals surface area contributed by atoms with Crippen molar-refractivity contribution in [1.29, 1.82) is 5.26 Å². The van der Waals surface area contributed by atoms with E-state index >= 15 is 0 Å². The Kier molecular flexibility index (Phi) is 4.80. The molecule has 1 atom stereocenters. The van der Waals surface area contributed by atoms with Gasteiger partial charge in [-0.25, -0.2) is 0 Å². The first-order valence-corrected chi connectivity index (χ1v) is 4.31. The minimum Gasteiger partial charge on any atom is -0.354 e. The van der Waals surface area contributed by atoms with Crippen molar-refractivity contribution in [2.75, 3.05) is 6.54 Å². The van der Waals surface area contributed by atoms with Crippen molar-refractivity contribution in [3.8, 4) is 6.07 Å². The van der Waals surface area contributed by atoms with Gasteiger partial charge in [0.15, 0.2) is 0 Å². The van der Waals surface area contributed by atoms with Gasteiger partial charge in [0.2, 0.25) is 11.8 Å². The molecular weight excluding hydrogens is 254 g/mol. The standard InChI is InChI=1S/C8H8F6N2O/c1-4(2-15)3-16-6(17)5(7(9,10)11)8(12,13)14/h4-5H,3H2,1H3,(H,16,17). The lowest BCUT2D eigenvalue weighted by molar-refractivity contribution is -0.274. The topological polar surface area (TPSA) is 52.9 Å². The fourth-order valence-electron chi connectivity index (χ4n) is 0.884. The average Bonchev–Trinajstić information content (AvgIpc) is 2.09. The second-order valence-corrected chi connectivity index (χ2v) is 3.29. The first kappa shape index (κ1) is 15.5. The number of nitrogens with zero attached hydrogens (tertiary/aromatic N) is 1. The number of hydrogen-bond donors (Lipinski definition) is 1. The molecule has 0 aromatic rings. The van der Waals surface area contributed by atoms with Crippen LogP contribution in [0.3, 0.4) is 0 Å². The van der Waals surface area contributed by atoms with E-state index in [4.69, 9.17) is 5.26 Å². The Morgan fingerprint density at radius 2 is 1.65 bits per heavy atom. The van der Waals surface area contributed by atoms with Crippen LogP contribution in [0.5, 0.6) is 0 Å². The maximum atomic E-state index is 12.0. The molecule has 0 saturated carbocycles. The molecule has 17 heavy (non-hydrogen) atoms. The Morgan fingerprint density at radius 1 is 1.24 bits per heavy atom. The molecule has 1 amide bonds. The van der Waals surface area contributed by atoms with E-state index in [0.29, 0.717) is 0 Å².